The molecule has 1 atom stereocenters. The highest BCUT2D eigenvalue weighted by atomic mass is 16.5. The van der Waals surface area contributed by atoms with Gasteiger partial charge in [-0.3, -0.25) is 9.59 Å². The van der Waals surface area contributed by atoms with Gasteiger partial charge in [-0.2, -0.15) is 0 Å². The molecule has 6 nitrogen and oxygen atoms in total. The van der Waals surface area contributed by atoms with E-state index in [0.29, 0.717) is 43.2 Å². The smallest absolute Gasteiger partial charge is 0.311 e. The minimum absolute atomic E-state index is 0.182. The highest BCUT2D eigenvalue weighted by Crippen LogP contribution is 2.33. The van der Waals surface area contributed by atoms with Crippen LogP contribution >= 0.6 is 0 Å². The Kier molecular flexibility index (Phi) is 5.13. The minimum atomic E-state index is -0.871. The Labute approximate surface area is 136 Å². The Balaban J connectivity index is 2.20. The van der Waals surface area contributed by atoms with Crippen LogP contribution in [0.1, 0.15) is 37.6 Å². The lowest BCUT2D eigenvalue weighted by Crippen LogP contribution is -2.34. The first-order valence-corrected chi connectivity index (χ1v) is 7.83. The number of benzene rings is 1. The minimum Gasteiger partial charge on any atom is -0.490 e. The van der Waals surface area contributed by atoms with Crippen molar-refractivity contribution in [1.82, 2.24) is 4.90 Å². The normalized spacial score (nSPS) is 20.4. The topological polar surface area (TPSA) is 76.1 Å². The molecule has 126 valence electrons. The van der Waals surface area contributed by atoms with E-state index < -0.39 is 11.4 Å². The third-order valence-electron chi connectivity index (χ3n) is 4.07. The van der Waals surface area contributed by atoms with Crippen LogP contribution in [0.4, 0.5) is 0 Å². The van der Waals surface area contributed by atoms with Gasteiger partial charge in [-0.05, 0) is 45.4 Å². The zero-order valence-corrected chi connectivity index (χ0v) is 13.8. The van der Waals surface area contributed by atoms with Gasteiger partial charge >= 0.3 is 5.97 Å². The third-order valence-corrected chi connectivity index (χ3v) is 4.07. The van der Waals surface area contributed by atoms with Crippen molar-refractivity contribution in [2.24, 2.45) is 5.41 Å². The summed E-state index contributed by atoms with van der Waals surface area (Å²) >= 11 is 0. The van der Waals surface area contributed by atoms with Gasteiger partial charge in [-0.25, -0.2) is 0 Å². The molecule has 1 N–H and O–H groups in total. The third kappa shape index (κ3) is 3.57. The van der Waals surface area contributed by atoms with Gasteiger partial charge in [0.05, 0.1) is 18.6 Å². The Hall–Kier alpha value is -2.24. The van der Waals surface area contributed by atoms with Crippen LogP contribution in [0.3, 0.4) is 0 Å². The molecule has 1 aliphatic heterocycles. The summed E-state index contributed by atoms with van der Waals surface area (Å²) in [7, 11) is 0. The zero-order valence-electron chi connectivity index (χ0n) is 13.8. The SMILES string of the molecule is CCOc1ccc(C(=O)N2CC[C@@](C)(C(=O)O)C2)cc1OCC. The standard InChI is InChI=1S/C17H23NO5/c1-4-22-13-7-6-12(10-14(13)23-5-2)15(19)18-9-8-17(3,11-18)16(20)21/h6-7,10H,4-5,8-9,11H2,1-3H3,(H,20,21)/t17-/m1/s1. The van der Waals surface area contributed by atoms with Gasteiger partial charge in [0.1, 0.15) is 0 Å². The van der Waals surface area contributed by atoms with E-state index >= 15 is 0 Å². The Bertz CT molecular complexity index is 601. The van der Waals surface area contributed by atoms with E-state index in [2.05, 4.69) is 0 Å². The maximum absolute atomic E-state index is 12.6. The quantitative estimate of drug-likeness (QED) is 0.871. The summed E-state index contributed by atoms with van der Waals surface area (Å²) in [5, 5.41) is 9.28. The molecule has 1 heterocycles. The van der Waals surface area contributed by atoms with Gasteiger partial charge in [0.25, 0.3) is 5.91 Å². The first kappa shape index (κ1) is 17.1. The highest BCUT2D eigenvalue weighted by molar-refractivity contribution is 5.95. The van der Waals surface area contributed by atoms with Crippen molar-refractivity contribution in [3.63, 3.8) is 0 Å². The van der Waals surface area contributed by atoms with E-state index in [0.717, 1.165) is 0 Å². The number of carbonyl (C=O) groups is 2. The number of carboxylic acids is 1. The van der Waals surface area contributed by atoms with Crippen LogP contribution in [0.15, 0.2) is 18.2 Å². The molecule has 0 saturated carbocycles. The lowest BCUT2D eigenvalue weighted by Gasteiger charge is -2.20. The number of amides is 1. The lowest BCUT2D eigenvalue weighted by atomic mass is 9.90. The molecule has 1 aliphatic rings. The van der Waals surface area contributed by atoms with E-state index in [9.17, 15) is 14.7 Å². The van der Waals surface area contributed by atoms with Crippen molar-refractivity contribution in [3.8, 4) is 11.5 Å². The Morgan fingerprint density at radius 1 is 1.22 bits per heavy atom. The molecule has 1 amide bonds. The maximum Gasteiger partial charge on any atom is 0.311 e. The second-order valence-corrected chi connectivity index (χ2v) is 5.87. The number of aliphatic carboxylic acids is 1. The van der Waals surface area contributed by atoms with E-state index in [1.54, 1.807) is 30.0 Å². The first-order chi connectivity index (χ1) is 10.9. The van der Waals surface area contributed by atoms with E-state index in [1.807, 2.05) is 13.8 Å². The van der Waals surface area contributed by atoms with Crippen LogP contribution in [0.5, 0.6) is 11.5 Å². The summed E-state index contributed by atoms with van der Waals surface area (Å²) in [5.41, 5.74) is -0.393. The van der Waals surface area contributed by atoms with Crippen LogP contribution in [0.2, 0.25) is 0 Å². The van der Waals surface area contributed by atoms with E-state index in [-0.39, 0.29) is 12.5 Å². The first-order valence-electron chi connectivity index (χ1n) is 7.83. The fourth-order valence-electron chi connectivity index (χ4n) is 2.68. The van der Waals surface area contributed by atoms with E-state index in [4.69, 9.17) is 9.47 Å². The molecule has 1 fully saturated rings. The lowest BCUT2D eigenvalue weighted by molar-refractivity contribution is -0.147. The number of hydrogen-bond donors (Lipinski definition) is 1. The van der Waals surface area contributed by atoms with Crippen molar-refractivity contribution in [2.45, 2.75) is 27.2 Å². The van der Waals surface area contributed by atoms with Gasteiger partial charge in [0.15, 0.2) is 11.5 Å². The van der Waals surface area contributed by atoms with Crippen molar-refractivity contribution in [1.29, 1.82) is 0 Å². The predicted octanol–water partition coefficient (Wildman–Crippen LogP) is 2.42. The fraction of sp³-hybridized carbons (Fsp3) is 0.529. The molecule has 0 radical (unpaired) electrons. The van der Waals surface area contributed by atoms with Crippen molar-refractivity contribution < 1.29 is 24.2 Å². The van der Waals surface area contributed by atoms with Crippen LogP contribution < -0.4 is 9.47 Å². The Morgan fingerprint density at radius 3 is 2.43 bits per heavy atom. The molecule has 1 aromatic carbocycles. The average molecular weight is 321 g/mol. The summed E-state index contributed by atoms with van der Waals surface area (Å²) in [5.74, 6) is 0.0802. The molecule has 0 aliphatic carbocycles. The largest absolute Gasteiger partial charge is 0.490 e. The summed E-state index contributed by atoms with van der Waals surface area (Å²) in [6.45, 7) is 7.06. The van der Waals surface area contributed by atoms with Crippen molar-refractivity contribution in [2.75, 3.05) is 26.3 Å². The summed E-state index contributed by atoms with van der Waals surface area (Å²) in [4.78, 5) is 25.5. The highest BCUT2D eigenvalue weighted by Gasteiger charge is 2.42. The fourth-order valence-corrected chi connectivity index (χ4v) is 2.68. The second kappa shape index (κ2) is 6.89. The molecular weight excluding hydrogens is 298 g/mol. The number of carbonyl (C=O) groups excluding carboxylic acids is 1. The number of nitrogens with zero attached hydrogens (tertiary/aromatic N) is 1. The Morgan fingerprint density at radius 2 is 1.87 bits per heavy atom. The predicted molar refractivity (Wildman–Crippen MR) is 85.0 cm³/mol. The van der Waals surface area contributed by atoms with Crippen LogP contribution in [-0.4, -0.2) is 48.2 Å². The zero-order chi connectivity index (χ0) is 17.0. The average Bonchev–Trinajstić information content (AvgIpc) is 2.93. The monoisotopic (exact) mass is 321 g/mol. The molecular formula is C17H23NO5. The van der Waals surface area contributed by atoms with Crippen LogP contribution in [0.25, 0.3) is 0 Å². The summed E-state index contributed by atoms with van der Waals surface area (Å²) in [6.07, 6.45) is 0.462. The molecule has 2 rings (SSSR count). The van der Waals surface area contributed by atoms with E-state index in [1.165, 1.54) is 0 Å². The number of carboxylic acid groups (broad SMARTS) is 1. The van der Waals surface area contributed by atoms with Gasteiger partial charge in [0.2, 0.25) is 0 Å². The van der Waals surface area contributed by atoms with Crippen molar-refractivity contribution in [3.05, 3.63) is 23.8 Å². The second-order valence-electron chi connectivity index (χ2n) is 5.87. The number of hydrogen-bond acceptors (Lipinski definition) is 4. The summed E-state index contributed by atoms with van der Waals surface area (Å²) in [6, 6.07) is 5.06. The molecule has 0 bridgehead atoms. The molecule has 0 unspecified atom stereocenters. The number of likely N-dealkylation sites (tertiary alicyclic amines) is 1. The van der Waals surface area contributed by atoms with Crippen molar-refractivity contribution >= 4 is 11.9 Å². The maximum atomic E-state index is 12.6. The van der Waals surface area contributed by atoms with Gasteiger partial charge < -0.3 is 19.5 Å². The number of ether oxygens (including phenoxy) is 2. The van der Waals surface area contributed by atoms with Gasteiger partial charge in [-0.15, -0.1) is 0 Å². The van der Waals surface area contributed by atoms with Gasteiger partial charge in [0, 0.05) is 18.7 Å². The molecule has 6 heteroatoms. The van der Waals surface area contributed by atoms with Gasteiger partial charge in [-0.1, -0.05) is 0 Å². The number of rotatable bonds is 6. The molecule has 23 heavy (non-hydrogen) atoms. The molecule has 1 aromatic rings. The molecule has 0 spiro atoms. The summed E-state index contributed by atoms with van der Waals surface area (Å²) < 4.78 is 11.0. The molecule has 0 aromatic heterocycles. The van der Waals surface area contributed by atoms with Crippen LogP contribution in [0, 0.1) is 5.41 Å². The van der Waals surface area contributed by atoms with Crippen LogP contribution in [-0.2, 0) is 4.79 Å². The molecule has 1 saturated heterocycles.